The average Bonchev–Trinajstić information content (AvgIpc) is 2.55. The largest absolute Gasteiger partial charge is 0.325 e. The van der Waals surface area contributed by atoms with E-state index in [1.54, 1.807) is 24.3 Å². The summed E-state index contributed by atoms with van der Waals surface area (Å²) in [7, 11) is -3.68. The van der Waals surface area contributed by atoms with Crippen molar-refractivity contribution in [2.45, 2.75) is 6.92 Å². The van der Waals surface area contributed by atoms with Crippen LogP contribution in [0.4, 0.5) is 5.69 Å². The zero-order valence-electron chi connectivity index (χ0n) is 13.0. The number of sulfonamides is 1. The maximum Gasteiger partial charge on any atom is 0.239 e. The van der Waals surface area contributed by atoms with Crippen LogP contribution in [-0.2, 0) is 14.8 Å². The second kappa shape index (κ2) is 8.23. The Morgan fingerprint density at radius 1 is 1.08 bits per heavy atom. The quantitative estimate of drug-likeness (QED) is 0.769. The van der Waals surface area contributed by atoms with Crippen LogP contribution in [0.15, 0.2) is 58.4 Å². The van der Waals surface area contributed by atoms with Crippen LogP contribution >= 0.6 is 15.9 Å². The van der Waals surface area contributed by atoms with Gasteiger partial charge < -0.3 is 5.32 Å². The number of benzene rings is 2. The van der Waals surface area contributed by atoms with E-state index in [1.165, 1.54) is 6.08 Å². The Hall–Kier alpha value is -1.96. The van der Waals surface area contributed by atoms with Gasteiger partial charge in [-0.3, -0.25) is 4.79 Å². The van der Waals surface area contributed by atoms with Gasteiger partial charge in [0, 0.05) is 15.6 Å². The fraction of sp³-hybridized carbons (Fsp3) is 0.118. The molecule has 0 atom stereocenters. The second-order valence-electron chi connectivity index (χ2n) is 5.13. The minimum Gasteiger partial charge on any atom is -0.325 e. The van der Waals surface area contributed by atoms with Crippen LogP contribution in [0.5, 0.6) is 0 Å². The van der Waals surface area contributed by atoms with Crippen molar-refractivity contribution in [1.29, 1.82) is 0 Å². The van der Waals surface area contributed by atoms with Gasteiger partial charge in [-0.15, -0.1) is 0 Å². The van der Waals surface area contributed by atoms with Crippen LogP contribution < -0.4 is 10.0 Å². The summed E-state index contributed by atoms with van der Waals surface area (Å²) < 4.78 is 26.9. The van der Waals surface area contributed by atoms with Crippen LogP contribution in [0.25, 0.3) is 6.08 Å². The summed E-state index contributed by atoms with van der Waals surface area (Å²) in [4.78, 5) is 11.8. The van der Waals surface area contributed by atoms with E-state index in [0.717, 1.165) is 21.0 Å². The van der Waals surface area contributed by atoms with Crippen molar-refractivity contribution in [2.24, 2.45) is 0 Å². The van der Waals surface area contributed by atoms with Crippen molar-refractivity contribution >= 4 is 43.6 Å². The highest BCUT2D eigenvalue weighted by atomic mass is 79.9. The number of halogens is 1. The van der Waals surface area contributed by atoms with E-state index in [-0.39, 0.29) is 6.54 Å². The molecule has 0 fully saturated rings. The fourth-order valence-electron chi connectivity index (χ4n) is 1.80. The highest BCUT2D eigenvalue weighted by molar-refractivity contribution is 9.10. The molecule has 0 saturated carbocycles. The van der Waals surface area contributed by atoms with E-state index < -0.39 is 15.9 Å². The second-order valence-corrected chi connectivity index (χ2v) is 7.70. The molecule has 126 valence electrons. The van der Waals surface area contributed by atoms with E-state index in [2.05, 4.69) is 26.0 Å². The van der Waals surface area contributed by atoms with Crippen molar-refractivity contribution in [3.8, 4) is 0 Å². The molecule has 0 spiro atoms. The minimum atomic E-state index is -3.68. The Morgan fingerprint density at radius 3 is 2.33 bits per heavy atom. The number of carbonyl (C=O) groups excluding carboxylic acids is 1. The van der Waals surface area contributed by atoms with E-state index in [9.17, 15) is 13.2 Å². The molecule has 1 amide bonds. The van der Waals surface area contributed by atoms with Crippen molar-refractivity contribution in [2.75, 3.05) is 11.9 Å². The number of nitrogens with one attached hydrogen (secondary N) is 2. The molecule has 24 heavy (non-hydrogen) atoms. The first-order valence-electron chi connectivity index (χ1n) is 7.14. The van der Waals surface area contributed by atoms with Crippen molar-refractivity contribution in [1.82, 2.24) is 4.72 Å². The number of hydrogen-bond acceptors (Lipinski definition) is 3. The highest BCUT2D eigenvalue weighted by Crippen LogP contribution is 2.13. The molecular formula is C17H17BrN2O3S. The highest BCUT2D eigenvalue weighted by Gasteiger charge is 2.09. The fourth-order valence-corrected chi connectivity index (χ4v) is 2.83. The molecular weight excluding hydrogens is 392 g/mol. The third kappa shape index (κ3) is 6.27. The molecule has 2 aromatic rings. The first-order chi connectivity index (χ1) is 11.3. The third-order valence-corrected chi connectivity index (χ3v) is 4.65. The molecule has 0 aromatic heterocycles. The van der Waals surface area contributed by atoms with Gasteiger partial charge in [-0.1, -0.05) is 45.8 Å². The number of carbonyl (C=O) groups is 1. The Kier molecular flexibility index (Phi) is 6.30. The van der Waals surface area contributed by atoms with Crippen LogP contribution in [0.2, 0.25) is 0 Å². The monoisotopic (exact) mass is 408 g/mol. The van der Waals surface area contributed by atoms with Gasteiger partial charge >= 0.3 is 0 Å². The van der Waals surface area contributed by atoms with E-state index in [4.69, 9.17) is 0 Å². The smallest absolute Gasteiger partial charge is 0.239 e. The zero-order chi connectivity index (χ0) is 17.6. The van der Waals surface area contributed by atoms with Gasteiger partial charge in [0.05, 0.1) is 6.54 Å². The molecule has 2 N–H and O–H groups in total. The molecule has 0 bridgehead atoms. The predicted octanol–water partition coefficient (Wildman–Crippen LogP) is 3.29. The lowest BCUT2D eigenvalue weighted by atomic mass is 10.2. The Labute approximate surface area is 150 Å². The van der Waals surface area contributed by atoms with Crippen molar-refractivity contribution in [3.63, 3.8) is 0 Å². The molecule has 7 heteroatoms. The molecule has 0 aliphatic rings. The van der Waals surface area contributed by atoms with Crippen LogP contribution in [0, 0.1) is 6.92 Å². The lowest BCUT2D eigenvalue weighted by Crippen LogP contribution is -2.31. The van der Waals surface area contributed by atoms with Crippen molar-refractivity contribution in [3.05, 3.63) is 69.5 Å². The Morgan fingerprint density at radius 2 is 1.71 bits per heavy atom. The lowest BCUT2D eigenvalue weighted by Gasteiger charge is -2.06. The normalized spacial score (nSPS) is 11.6. The minimum absolute atomic E-state index is 0.337. The summed E-state index contributed by atoms with van der Waals surface area (Å²) >= 11 is 3.30. The maximum atomic E-state index is 11.9. The van der Waals surface area contributed by atoms with E-state index in [0.29, 0.717) is 5.69 Å². The number of anilines is 1. The summed E-state index contributed by atoms with van der Waals surface area (Å²) in [6.07, 6.45) is 1.48. The van der Waals surface area contributed by atoms with E-state index in [1.807, 2.05) is 31.2 Å². The molecule has 2 rings (SSSR count). The predicted molar refractivity (Wildman–Crippen MR) is 99.9 cm³/mol. The first kappa shape index (κ1) is 18.4. The summed E-state index contributed by atoms with van der Waals surface area (Å²) in [5.74, 6) is -0.440. The molecule has 0 aliphatic heterocycles. The van der Waals surface area contributed by atoms with Crippen LogP contribution in [0.1, 0.15) is 11.1 Å². The Bertz CT molecular complexity index is 829. The summed E-state index contributed by atoms with van der Waals surface area (Å²) in [6.45, 7) is 1.62. The molecule has 0 saturated heterocycles. The molecule has 0 aliphatic carbocycles. The van der Waals surface area contributed by atoms with Gasteiger partial charge in [-0.25, -0.2) is 13.1 Å². The lowest BCUT2D eigenvalue weighted by molar-refractivity contribution is -0.115. The van der Waals surface area contributed by atoms with Gasteiger partial charge in [0.25, 0.3) is 0 Å². The third-order valence-electron chi connectivity index (χ3n) is 3.08. The topological polar surface area (TPSA) is 75.3 Å². The van der Waals surface area contributed by atoms with Crippen LogP contribution in [0.3, 0.4) is 0 Å². The maximum absolute atomic E-state index is 11.9. The van der Waals surface area contributed by atoms with E-state index >= 15 is 0 Å². The summed E-state index contributed by atoms with van der Waals surface area (Å²) in [6, 6.07) is 14.4. The molecule has 5 nitrogen and oxygen atoms in total. The Balaban J connectivity index is 1.88. The van der Waals surface area contributed by atoms with Crippen molar-refractivity contribution < 1.29 is 13.2 Å². The molecule has 0 unspecified atom stereocenters. The number of rotatable bonds is 6. The standard InChI is InChI=1S/C17H17BrN2O3S/c1-13-2-4-14(5-3-13)10-11-24(22,23)19-12-17(21)20-16-8-6-15(18)7-9-16/h2-11,19H,12H2,1H3,(H,20,21). The number of aryl methyl sites for hydroxylation is 1. The molecule has 0 heterocycles. The van der Waals surface area contributed by atoms with Gasteiger partial charge in [0.15, 0.2) is 0 Å². The van der Waals surface area contributed by atoms with Gasteiger partial charge in [-0.05, 0) is 42.8 Å². The number of amides is 1. The summed E-state index contributed by atoms with van der Waals surface area (Å²) in [5, 5.41) is 3.66. The van der Waals surface area contributed by atoms with Gasteiger partial charge in [-0.2, -0.15) is 0 Å². The molecule has 2 aromatic carbocycles. The number of hydrogen-bond donors (Lipinski definition) is 2. The van der Waals surface area contributed by atoms with Gasteiger partial charge in [0.1, 0.15) is 0 Å². The van der Waals surface area contributed by atoms with Gasteiger partial charge in [0.2, 0.25) is 15.9 Å². The zero-order valence-corrected chi connectivity index (χ0v) is 15.4. The first-order valence-corrected chi connectivity index (χ1v) is 9.48. The van der Waals surface area contributed by atoms with Crippen LogP contribution in [-0.4, -0.2) is 20.9 Å². The molecule has 0 radical (unpaired) electrons. The average molecular weight is 409 g/mol. The summed E-state index contributed by atoms with van der Waals surface area (Å²) in [5.41, 5.74) is 2.46. The SMILES string of the molecule is Cc1ccc(C=CS(=O)(=O)NCC(=O)Nc2ccc(Br)cc2)cc1.